The molecule has 0 saturated carbocycles. The van der Waals surface area contributed by atoms with Crippen LogP contribution in [0.25, 0.3) is 0 Å². The van der Waals surface area contributed by atoms with Crippen molar-refractivity contribution >= 4 is 11.8 Å². The molecule has 3 nitrogen and oxygen atoms in total. The van der Waals surface area contributed by atoms with Crippen molar-refractivity contribution in [2.75, 3.05) is 6.61 Å². The first-order chi connectivity index (χ1) is 8.69. The zero-order valence-corrected chi connectivity index (χ0v) is 10.8. The van der Waals surface area contributed by atoms with Crippen LogP contribution in [0.15, 0.2) is 42.0 Å². The van der Waals surface area contributed by atoms with E-state index in [0.29, 0.717) is 12.8 Å². The van der Waals surface area contributed by atoms with Gasteiger partial charge in [-0.3, -0.25) is 4.79 Å². The Morgan fingerprint density at radius 3 is 2.39 bits per heavy atom. The number of esters is 1. The van der Waals surface area contributed by atoms with E-state index in [-0.39, 0.29) is 18.0 Å². The highest BCUT2D eigenvalue weighted by molar-refractivity contribution is 6.17. The maximum Gasteiger partial charge on any atom is 0.341 e. The molecule has 0 N–H and O–H groups in total. The Bertz CT molecular complexity index is 432. The molecule has 0 aliphatic heterocycles. The van der Waals surface area contributed by atoms with Gasteiger partial charge in [-0.05, 0) is 18.9 Å². The lowest BCUT2D eigenvalue weighted by molar-refractivity contribution is -0.140. The Morgan fingerprint density at radius 2 is 1.83 bits per heavy atom. The van der Waals surface area contributed by atoms with Crippen LogP contribution in [0.4, 0.5) is 0 Å². The van der Waals surface area contributed by atoms with Gasteiger partial charge in [-0.1, -0.05) is 43.3 Å². The Kier molecular flexibility index (Phi) is 5.85. The van der Waals surface area contributed by atoms with Gasteiger partial charge in [0.25, 0.3) is 0 Å². The zero-order valence-electron chi connectivity index (χ0n) is 10.8. The van der Waals surface area contributed by atoms with Crippen molar-refractivity contribution in [3.05, 3.63) is 47.5 Å². The molecular weight excluding hydrogens is 228 g/mol. The van der Waals surface area contributed by atoms with Crippen molar-refractivity contribution in [1.29, 1.82) is 0 Å². The van der Waals surface area contributed by atoms with Gasteiger partial charge in [0.2, 0.25) is 0 Å². The fourth-order valence-corrected chi connectivity index (χ4v) is 1.54. The van der Waals surface area contributed by atoms with Crippen molar-refractivity contribution in [1.82, 2.24) is 0 Å². The number of hydrogen-bond acceptors (Lipinski definition) is 3. The normalized spacial score (nSPS) is 11.1. The number of ketones is 1. The summed E-state index contributed by atoms with van der Waals surface area (Å²) in [4.78, 5) is 23.3. The van der Waals surface area contributed by atoms with Crippen LogP contribution in [0, 0.1) is 0 Å². The predicted octanol–water partition coefficient (Wildman–Crippen LogP) is 2.70. The Balaban J connectivity index is 2.83. The fourth-order valence-electron chi connectivity index (χ4n) is 1.54. The van der Waals surface area contributed by atoms with Crippen LogP contribution in [-0.2, 0) is 20.7 Å². The molecule has 1 aromatic carbocycles. The molecule has 0 amide bonds. The van der Waals surface area contributed by atoms with Crippen molar-refractivity contribution < 1.29 is 14.3 Å². The highest BCUT2D eigenvalue weighted by atomic mass is 16.5. The molecule has 0 spiro atoms. The summed E-state index contributed by atoms with van der Waals surface area (Å²) in [6.45, 7) is 3.74. The summed E-state index contributed by atoms with van der Waals surface area (Å²) in [6.07, 6.45) is 2.51. The van der Waals surface area contributed by atoms with Crippen molar-refractivity contribution in [2.24, 2.45) is 0 Å². The number of carbonyl (C=O) groups is 2. The Labute approximate surface area is 107 Å². The summed E-state index contributed by atoms with van der Waals surface area (Å²) in [7, 11) is 0. The molecule has 0 heterocycles. The molecular formula is C15H18O3. The first kappa shape index (κ1) is 14.2. The van der Waals surface area contributed by atoms with E-state index in [1.165, 1.54) is 0 Å². The number of carbonyl (C=O) groups excluding carboxylic acids is 2. The van der Waals surface area contributed by atoms with Crippen LogP contribution in [0.5, 0.6) is 0 Å². The van der Waals surface area contributed by atoms with Crippen molar-refractivity contribution in [3.8, 4) is 0 Å². The van der Waals surface area contributed by atoms with Crippen LogP contribution in [0.2, 0.25) is 0 Å². The quantitative estimate of drug-likeness (QED) is 0.335. The second-order valence-corrected chi connectivity index (χ2v) is 3.80. The molecule has 0 atom stereocenters. The van der Waals surface area contributed by atoms with Gasteiger partial charge in [-0.15, -0.1) is 0 Å². The van der Waals surface area contributed by atoms with E-state index in [0.717, 1.165) is 5.56 Å². The molecule has 1 rings (SSSR count). The highest BCUT2D eigenvalue weighted by Crippen LogP contribution is 2.08. The first-order valence-corrected chi connectivity index (χ1v) is 6.13. The fraction of sp³-hybridized carbons (Fsp3) is 0.333. The predicted molar refractivity (Wildman–Crippen MR) is 70.2 cm³/mol. The molecule has 0 fully saturated rings. The monoisotopic (exact) mass is 246 g/mol. The molecule has 96 valence electrons. The molecule has 0 bridgehead atoms. The van der Waals surface area contributed by atoms with Gasteiger partial charge in [0.1, 0.15) is 0 Å². The highest BCUT2D eigenvalue weighted by Gasteiger charge is 2.17. The van der Waals surface area contributed by atoms with Gasteiger partial charge in [0.15, 0.2) is 5.78 Å². The standard InChI is InChI=1S/C15H18O3/c1-3-14(16)13(15(17)18-4-2)11-10-12-8-6-5-7-9-12/h5-9,11H,3-4,10H2,1-2H3. The van der Waals surface area contributed by atoms with E-state index in [9.17, 15) is 9.59 Å². The summed E-state index contributed by atoms with van der Waals surface area (Å²) < 4.78 is 4.89. The number of benzene rings is 1. The molecule has 18 heavy (non-hydrogen) atoms. The number of rotatable bonds is 6. The summed E-state index contributed by atoms with van der Waals surface area (Å²) in [5.41, 5.74) is 1.21. The van der Waals surface area contributed by atoms with Crippen LogP contribution in [-0.4, -0.2) is 18.4 Å². The zero-order chi connectivity index (χ0) is 13.4. The smallest absolute Gasteiger partial charge is 0.341 e. The minimum Gasteiger partial charge on any atom is -0.462 e. The van der Waals surface area contributed by atoms with Gasteiger partial charge in [0.05, 0.1) is 12.2 Å². The van der Waals surface area contributed by atoms with E-state index < -0.39 is 5.97 Å². The third-order valence-electron chi connectivity index (χ3n) is 2.50. The Morgan fingerprint density at radius 1 is 1.17 bits per heavy atom. The summed E-state index contributed by atoms with van der Waals surface area (Å²) >= 11 is 0. The molecule has 0 saturated heterocycles. The third-order valence-corrected chi connectivity index (χ3v) is 2.50. The second-order valence-electron chi connectivity index (χ2n) is 3.80. The third kappa shape index (κ3) is 4.17. The molecule has 0 aliphatic rings. The number of Topliss-reactive ketones (excluding diaryl/α,β-unsaturated/α-hetero) is 1. The molecule has 1 aromatic rings. The van der Waals surface area contributed by atoms with Crippen LogP contribution in [0.1, 0.15) is 25.8 Å². The van der Waals surface area contributed by atoms with Gasteiger partial charge in [-0.2, -0.15) is 0 Å². The lowest BCUT2D eigenvalue weighted by Crippen LogP contribution is -2.15. The largest absolute Gasteiger partial charge is 0.462 e. The minimum absolute atomic E-state index is 0.156. The molecule has 0 aromatic heterocycles. The molecule has 0 unspecified atom stereocenters. The summed E-state index contributed by atoms with van der Waals surface area (Å²) in [5.74, 6) is -0.704. The average molecular weight is 246 g/mol. The number of hydrogen-bond donors (Lipinski definition) is 0. The lowest BCUT2D eigenvalue weighted by atomic mass is 10.1. The molecule has 3 heteroatoms. The minimum atomic E-state index is -0.528. The van der Waals surface area contributed by atoms with E-state index in [2.05, 4.69) is 0 Å². The van der Waals surface area contributed by atoms with Crippen LogP contribution < -0.4 is 0 Å². The lowest BCUT2D eigenvalue weighted by Gasteiger charge is -2.05. The number of ether oxygens (including phenoxy) is 1. The summed E-state index contributed by atoms with van der Waals surface area (Å²) in [6, 6.07) is 9.69. The average Bonchev–Trinajstić information content (AvgIpc) is 2.40. The maximum atomic E-state index is 11.7. The van der Waals surface area contributed by atoms with Gasteiger partial charge in [-0.25, -0.2) is 4.79 Å². The van der Waals surface area contributed by atoms with Gasteiger partial charge < -0.3 is 4.74 Å². The van der Waals surface area contributed by atoms with E-state index in [1.807, 2.05) is 30.3 Å². The van der Waals surface area contributed by atoms with Crippen molar-refractivity contribution in [3.63, 3.8) is 0 Å². The number of allylic oxidation sites excluding steroid dienone is 1. The van der Waals surface area contributed by atoms with E-state index in [1.54, 1.807) is 19.9 Å². The summed E-state index contributed by atoms with van der Waals surface area (Å²) in [5, 5.41) is 0. The molecule has 0 aliphatic carbocycles. The second kappa shape index (κ2) is 7.43. The van der Waals surface area contributed by atoms with E-state index >= 15 is 0 Å². The van der Waals surface area contributed by atoms with E-state index in [4.69, 9.17) is 4.74 Å². The van der Waals surface area contributed by atoms with Crippen molar-refractivity contribution in [2.45, 2.75) is 26.7 Å². The van der Waals surface area contributed by atoms with Crippen LogP contribution in [0.3, 0.4) is 0 Å². The maximum absolute atomic E-state index is 11.7. The van der Waals surface area contributed by atoms with Gasteiger partial charge >= 0.3 is 5.97 Å². The molecule has 0 radical (unpaired) electrons. The first-order valence-electron chi connectivity index (χ1n) is 6.13. The van der Waals surface area contributed by atoms with Gasteiger partial charge in [0, 0.05) is 6.42 Å². The SMILES string of the molecule is CCOC(=O)C(=CCc1ccccc1)C(=O)CC. The Hall–Kier alpha value is -1.90. The van der Waals surface area contributed by atoms with Crippen LogP contribution >= 0.6 is 0 Å². The topological polar surface area (TPSA) is 43.4 Å².